The summed E-state index contributed by atoms with van der Waals surface area (Å²) in [5, 5.41) is -3.44. The summed E-state index contributed by atoms with van der Waals surface area (Å²) in [6.07, 6.45) is 2.83. The lowest BCUT2D eigenvalue weighted by atomic mass is 10.1. The summed E-state index contributed by atoms with van der Waals surface area (Å²) in [5.74, 6) is 5.02. The number of nitrogens with one attached hydrogen (secondary N) is 1. The molecule has 0 bridgehead atoms. The van der Waals surface area contributed by atoms with Crippen LogP contribution in [0.3, 0.4) is 0 Å². The average Bonchev–Trinajstić information content (AvgIpc) is 2.07. The summed E-state index contributed by atoms with van der Waals surface area (Å²) in [6, 6.07) is 0.181. The number of nitrogens with two attached hydrogens (primary N) is 1. The van der Waals surface area contributed by atoms with E-state index in [1.54, 1.807) is 13.0 Å². The van der Waals surface area contributed by atoms with Crippen molar-refractivity contribution in [2.75, 3.05) is 0 Å². The topological polar surface area (TPSA) is 50.9 Å². The number of halogens is 3. The molecule has 0 radical (unpaired) electrons. The van der Waals surface area contributed by atoms with E-state index in [-0.39, 0.29) is 5.56 Å². The number of nitrogens with zero attached hydrogens (tertiary/aromatic N) is 1. The molecule has 0 saturated heterocycles. The Morgan fingerprint density at radius 3 is 2.71 bits per heavy atom. The first kappa shape index (κ1) is 11.3. The third-order valence-corrected chi connectivity index (χ3v) is 2.10. The molecular formula is C8H10ClF2N3. The largest absolute Gasteiger partial charge is 0.342 e. The van der Waals surface area contributed by atoms with Gasteiger partial charge in [0.2, 0.25) is 0 Å². The standard InChI is InChI=1S/C8H10ClF2N3/c1-5-2-3-13-4-6(5)7(14-12)8(9,10)11/h2-4,7,14H,12H2,1H3. The molecule has 0 aliphatic heterocycles. The molecule has 0 aliphatic rings. The van der Waals surface area contributed by atoms with Gasteiger partial charge in [-0.1, -0.05) is 0 Å². The van der Waals surface area contributed by atoms with Crippen LogP contribution in [0.2, 0.25) is 0 Å². The van der Waals surface area contributed by atoms with Gasteiger partial charge in [-0.3, -0.25) is 10.8 Å². The number of hydrazine groups is 1. The molecule has 0 aromatic carbocycles. The van der Waals surface area contributed by atoms with Gasteiger partial charge in [-0.2, -0.15) is 8.78 Å². The van der Waals surface area contributed by atoms with E-state index in [0.717, 1.165) is 0 Å². The fourth-order valence-electron chi connectivity index (χ4n) is 1.14. The third-order valence-electron chi connectivity index (χ3n) is 1.88. The Balaban J connectivity index is 3.08. The number of hydrogen-bond acceptors (Lipinski definition) is 3. The Morgan fingerprint density at radius 1 is 1.64 bits per heavy atom. The highest BCUT2D eigenvalue weighted by Gasteiger charge is 2.38. The van der Waals surface area contributed by atoms with E-state index in [4.69, 9.17) is 17.4 Å². The number of pyridine rings is 1. The molecule has 1 aromatic heterocycles. The van der Waals surface area contributed by atoms with Gasteiger partial charge < -0.3 is 0 Å². The van der Waals surface area contributed by atoms with E-state index in [0.29, 0.717) is 5.56 Å². The van der Waals surface area contributed by atoms with Crippen LogP contribution in [0.15, 0.2) is 18.5 Å². The van der Waals surface area contributed by atoms with Crippen LogP contribution >= 0.6 is 11.6 Å². The van der Waals surface area contributed by atoms with Crippen molar-refractivity contribution in [2.45, 2.75) is 18.3 Å². The Morgan fingerprint density at radius 2 is 2.29 bits per heavy atom. The first-order chi connectivity index (χ1) is 6.46. The number of alkyl halides is 3. The van der Waals surface area contributed by atoms with Gasteiger partial charge >= 0.3 is 5.38 Å². The zero-order valence-electron chi connectivity index (χ0n) is 7.47. The van der Waals surface area contributed by atoms with Crippen LogP contribution in [0.25, 0.3) is 0 Å². The normalized spacial score (nSPS) is 14.1. The molecule has 0 saturated carbocycles. The highest BCUT2D eigenvalue weighted by molar-refractivity contribution is 6.22. The Hall–Kier alpha value is -0.780. The van der Waals surface area contributed by atoms with Crippen LogP contribution in [-0.4, -0.2) is 10.4 Å². The van der Waals surface area contributed by atoms with Gasteiger partial charge in [0.1, 0.15) is 6.04 Å². The van der Waals surface area contributed by atoms with Crippen molar-refractivity contribution in [3.8, 4) is 0 Å². The van der Waals surface area contributed by atoms with Crippen molar-refractivity contribution in [3.63, 3.8) is 0 Å². The summed E-state index contributed by atoms with van der Waals surface area (Å²) in [6.45, 7) is 1.68. The predicted octanol–water partition coefficient (Wildman–Crippen LogP) is 1.73. The maximum atomic E-state index is 12.8. The van der Waals surface area contributed by atoms with Gasteiger partial charge in [0.15, 0.2) is 0 Å². The first-order valence-corrected chi connectivity index (χ1v) is 4.28. The van der Waals surface area contributed by atoms with Crippen molar-refractivity contribution in [1.82, 2.24) is 10.4 Å². The molecule has 0 spiro atoms. The summed E-state index contributed by atoms with van der Waals surface area (Å²) in [5.41, 5.74) is 2.92. The molecule has 14 heavy (non-hydrogen) atoms. The van der Waals surface area contributed by atoms with Crippen molar-refractivity contribution < 1.29 is 8.78 Å². The van der Waals surface area contributed by atoms with E-state index < -0.39 is 11.4 Å². The summed E-state index contributed by atoms with van der Waals surface area (Å²) < 4.78 is 25.7. The van der Waals surface area contributed by atoms with Gasteiger partial charge in [0.25, 0.3) is 0 Å². The lowest BCUT2D eigenvalue weighted by molar-refractivity contribution is 0.0493. The van der Waals surface area contributed by atoms with Gasteiger partial charge in [-0.25, -0.2) is 5.43 Å². The fourth-order valence-corrected chi connectivity index (χ4v) is 1.32. The zero-order chi connectivity index (χ0) is 10.8. The summed E-state index contributed by atoms with van der Waals surface area (Å²) in [4.78, 5) is 3.74. The highest BCUT2D eigenvalue weighted by atomic mass is 35.5. The Labute approximate surface area is 85.2 Å². The summed E-state index contributed by atoms with van der Waals surface area (Å²) >= 11 is 4.90. The van der Waals surface area contributed by atoms with Crippen LogP contribution in [0.1, 0.15) is 17.2 Å². The molecule has 0 aliphatic carbocycles. The lowest BCUT2D eigenvalue weighted by Gasteiger charge is -2.21. The minimum atomic E-state index is -3.44. The van der Waals surface area contributed by atoms with Crippen molar-refractivity contribution >= 4 is 11.6 Å². The molecule has 1 atom stereocenters. The smallest absolute Gasteiger partial charge is 0.271 e. The molecular weight excluding hydrogens is 212 g/mol. The molecule has 1 aromatic rings. The predicted molar refractivity (Wildman–Crippen MR) is 49.8 cm³/mol. The van der Waals surface area contributed by atoms with Crippen LogP contribution < -0.4 is 11.3 Å². The monoisotopic (exact) mass is 221 g/mol. The van der Waals surface area contributed by atoms with Gasteiger partial charge in [-0.05, 0) is 35.7 Å². The second kappa shape index (κ2) is 4.16. The van der Waals surface area contributed by atoms with Crippen molar-refractivity contribution in [1.29, 1.82) is 0 Å². The minimum absolute atomic E-state index is 0.287. The fraction of sp³-hybridized carbons (Fsp3) is 0.375. The molecule has 78 valence electrons. The van der Waals surface area contributed by atoms with Crippen molar-refractivity contribution in [2.24, 2.45) is 5.84 Å². The van der Waals surface area contributed by atoms with Crippen LogP contribution in [0, 0.1) is 6.92 Å². The second-order valence-electron chi connectivity index (χ2n) is 2.87. The average molecular weight is 222 g/mol. The third kappa shape index (κ3) is 2.37. The molecule has 3 nitrogen and oxygen atoms in total. The number of aryl methyl sites for hydroxylation is 1. The summed E-state index contributed by atoms with van der Waals surface area (Å²) in [7, 11) is 0. The Bertz CT molecular complexity index is 314. The maximum Gasteiger partial charge on any atom is 0.342 e. The molecule has 0 fully saturated rings. The zero-order valence-corrected chi connectivity index (χ0v) is 8.22. The second-order valence-corrected chi connectivity index (χ2v) is 3.38. The van der Waals surface area contributed by atoms with E-state index in [1.165, 1.54) is 12.4 Å². The van der Waals surface area contributed by atoms with E-state index >= 15 is 0 Å². The van der Waals surface area contributed by atoms with Crippen LogP contribution in [-0.2, 0) is 0 Å². The van der Waals surface area contributed by atoms with Crippen LogP contribution in [0.4, 0.5) is 8.78 Å². The SMILES string of the molecule is Cc1ccncc1C(NN)C(F)(F)Cl. The minimum Gasteiger partial charge on any atom is -0.271 e. The number of aromatic nitrogens is 1. The number of rotatable bonds is 3. The number of hydrogen-bond donors (Lipinski definition) is 2. The molecule has 0 amide bonds. The molecule has 1 rings (SSSR count). The van der Waals surface area contributed by atoms with Crippen LogP contribution in [0.5, 0.6) is 0 Å². The Kier molecular flexibility index (Phi) is 3.36. The maximum absolute atomic E-state index is 12.8. The molecule has 6 heteroatoms. The molecule has 1 heterocycles. The van der Waals surface area contributed by atoms with Gasteiger partial charge in [-0.15, -0.1) is 0 Å². The lowest BCUT2D eigenvalue weighted by Crippen LogP contribution is -2.38. The first-order valence-electron chi connectivity index (χ1n) is 3.90. The van der Waals surface area contributed by atoms with E-state index in [2.05, 4.69) is 4.98 Å². The van der Waals surface area contributed by atoms with Gasteiger partial charge in [0.05, 0.1) is 0 Å². The van der Waals surface area contributed by atoms with Gasteiger partial charge in [0, 0.05) is 12.4 Å². The van der Waals surface area contributed by atoms with E-state index in [9.17, 15) is 8.78 Å². The van der Waals surface area contributed by atoms with E-state index in [1.807, 2.05) is 5.43 Å². The quantitative estimate of drug-likeness (QED) is 0.464. The van der Waals surface area contributed by atoms with Crippen molar-refractivity contribution in [3.05, 3.63) is 29.6 Å². The molecule has 3 N–H and O–H groups in total. The molecule has 1 unspecified atom stereocenters. The highest BCUT2D eigenvalue weighted by Crippen LogP contribution is 2.35.